The number of anilines is 1. The number of nitrogens with one attached hydrogen (secondary N) is 2. The van der Waals surface area contributed by atoms with E-state index in [0.29, 0.717) is 22.6 Å². The fourth-order valence-electron chi connectivity index (χ4n) is 2.23. The van der Waals surface area contributed by atoms with E-state index in [1.807, 2.05) is 0 Å². The Balaban J connectivity index is 2.19. The number of oxime groups is 1. The second-order valence-electron chi connectivity index (χ2n) is 5.55. The number of rotatable bonds is 5. The third-order valence-electron chi connectivity index (χ3n) is 3.31. The first kappa shape index (κ1) is 21.0. The highest BCUT2D eigenvalue weighted by Crippen LogP contribution is 2.33. The normalized spacial score (nSPS) is 13.9. The average Bonchev–Trinajstić information content (AvgIpc) is 2.83. The molecule has 152 valence electrons. The maximum Gasteiger partial charge on any atom is 0.411 e. The zero-order valence-electron chi connectivity index (χ0n) is 15.2. The lowest BCUT2D eigenvalue weighted by Crippen LogP contribution is -2.38. The number of nitrogens with zero attached hydrogens (tertiary/aromatic N) is 1. The molecule has 4 N–H and O–H groups in total. The number of para-hydroxylation sites is 1. The van der Waals surface area contributed by atoms with Gasteiger partial charge in [-0.1, -0.05) is 12.1 Å². The van der Waals surface area contributed by atoms with Gasteiger partial charge in [-0.3, -0.25) is 19.7 Å². The van der Waals surface area contributed by atoms with Crippen LogP contribution in [0.15, 0.2) is 28.9 Å². The van der Waals surface area contributed by atoms with Crippen LogP contribution < -0.4 is 21.1 Å². The average molecular weight is 412 g/mol. The van der Waals surface area contributed by atoms with E-state index in [-0.39, 0.29) is 19.6 Å². The summed E-state index contributed by atoms with van der Waals surface area (Å²) < 4.78 is 36.5. The van der Waals surface area contributed by atoms with Gasteiger partial charge in [0.25, 0.3) is 5.91 Å². The van der Waals surface area contributed by atoms with Gasteiger partial charge in [-0.15, -0.1) is 0 Å². The van der Waals surface area contributed by atoms with Crippen LogP contribution in [0.4, 0.5) is 10.5 Å². The predicted octanol–water partition coefficient (Wildman–Crippen LogP) is 0.743. The summed E-state index contributed by atoms with van der Waals surface area (Å²) in [5.41, 5.74) is 6.70. The number of guanidine groups is 1. The van der Waals surface area contributed by atoms with Crippen LogP contribution in [-0.4, -0.2) is 45.8 Å². The van der Waals surface area contributed by atoms with Crippen LogP contribution in [0.2, 0.25) is 0 Å². The van der Waals surface area contributed by atoms with Crippen molar-refractivity contribution in [3.8, 4) is 5.75 Å². The fraction of sp³-hybridized carbons (Fsp3) is 0.312. The van der Waals surface area contributed by atoms with Gasteiger partial charge in [-0.25, -0.2) is 4.79 Å². The van der Waals surface area contributed by atoms with Crippen LogP contribution in [0.25, 0.3) is 6.08 Å². The van der Waals surface area contributed by atoms with Crippen molar-refractivity contribution in [1.82, 2.24) is 5.32 Å². The molecule has 0 saturated carbocycles. The predicted molar refractivity (Wildman–Crippen MR) is 101 cm³/mol. The van der Waals surface area contributed by atoms with E-state index in [1.54, 1.807) is 31.2 Å². The number of ether oxygens (including phenoxy) is 2. The lowest BCUT2D eigenvalue weighted by atomic mass is 10.1. The SMILES string of the molecule is CCOC(=O)Nc1cccc2c1OCCC(C(=O)NC(N)=NOS(C)(=O)=O)=C2. The molecule has 0 aliphatic carbocycles. The summed E-state index contributed by atoms with van der Waals surface area (Å²) in [5, 5.41) is 7.92. The molecule has 0 spiro atoms. The Labute approximate surface area is 161 Å². The minimum absolute atomic E-state index is 0.157. The van der Waals surface area contributed by atoms with Gasteiger partial charge in [0.2, 0.25) is 5.96 Å². The van der Waals surface area contributed by atoms with Gasteiger partial charge in [0.1, 0.15) is 5.75 Å². The van der Waals surface area contributed by atoms with Crippen LogP contribution in [0.5, 0.6) is 5.75 Å². The molecule has 0 aromatic heterocycles. The summed E-state index contributed by atoms with van der Waals surface area (Å²) >= 11 is 0. The maximum atomic E-state index is 12.4. The van der Waals surface area contributed by atoms with Gasteiger partial charge in [-0.05, 0) is 24.2 Å². The molecule has 2 rings (SSSR count). The molecule has 0 radical (unpaired) electrons. The second kappa shape index (κ2) is 9.08. The van der Waals surface area contributed by atoms with Gasteiger partial charge >= 0.3 is 16.2 Å². The molecule has 0 fully saturated rings. The molecule has 12 heteroatoms. The number of hydrogen-bond donors (Lipinski definition) is 3. The quantitative estimate of drug-likeness (QED) is 0.363. The van der Waals surface area contributed by atoms with Crippen molar-refractivity contribution in [1.29, 1.82) is 0 Å². The van der Waals surface area contributed by atoms with Gasteiger partial charge in [0.05, 0.1) is 25.2 Å². The highest BCUT2D eigenvalue weighted by atomic mass is 32.2. The lowest BCUT2D eigenvalue weighted by molar-refractivity contribution is -0.116. The number of carbonyl (C=O) groups excluding carboxylic acids is 2. The topological polar surface area (TPSA) is 158 Å². The molecule has 1 heterocycles. The lowest BCUT2D eigenvalue weighted by Gasteiger charge is -2.13. The smallest absolute Gasteiger partial charge is 0.411 e. The molecular weight excluding hydrogens is 392 g/mol. The molecule has 0 unspecified atom stereocenters. The van der Waals surface area contributed by atoms with E-state index in [1.165, 1.54) is 0 Å². The molecule has 1 aromatic rings. The highest BCUT2D eigenvalue weighted by Gasteiger charge is 2.19. The summed E-state index contributed by atoms with van der Waals surface area (Å²) in [4.78, 5) is 24.0. The monoisotopic (exact) mass is 412 g/mol. The second-order valence-corrected chi connectivity index (χ2v) is 7.10. The Morgan fingerprint density at radius 1 is 1.36 bits per heavy atom. The van der Waals surface area contributed by atoms with E-state index >= 15 is 0 Å². The first-order valence-electron chi connectivity index (χ1n) is 8.13. The van der Waals surface area contributed by atoms with Crippen LogP contribution in [0.1, 0.15) is 18.9 Å². The van der Waals surface area contributed by atoms with Crippen molar-refractivity contribution in [2.75, 3.05) is 24.8 Å². The summed E-state index contributed by atoms with van der Waals surface area (Å²) in [7, 11) is -3.84. The molecular formula is C16H20N4O7S. The maximum absolute atomic E-state index is 12.4. The Kier molecular flexibility index (Phi) is 6.82. The summed E-state index contributed by atoms with van der Waals surface area (Å²) in [6.45, 7) is 2.06. The van der Waals surface area contributed by atoms with E-state index in [0.717, 1.165) is 6.26 Å². The van der Waals surface area contributed by atoms with Crippen LogP contribution in [0.3, 0.4) is 0 Å². The summed E-state index contributed by atoms with van der Waals surface area (Å²) in [6, 6.07) is 5.02. The summed E-state index contributed by atoms with van der Waals surface area (Å²) in [6.07, 6.45) is 1.97. The molecule has 0 atom stereocenters. The van der Waals surface area contributed by atoms with Crippen LogP contribution in [0, 0.1) is 0 Å². The van der Waals surface area contributed by atoms with Crippen molar-refractivity contribution < 1.29 is 31.8 Å². The largest absolute Gasteiger partial charge is 0.490 e. The number of fused-ring (bicyclic) bond motifs is 1. The first-order valence-corrected chi connectivity index (χ1v) is 9.95. The van der Waals surface area contributed by atoms with Gasteiger partial charge in [0, 0.05) is 17.6 Å². The molecule has 0 saturated heterocycles. The Morgan fingerprint density at radius 2 is 2.11 bits per heavy atom. The van der Waals surface area contributed by atoms with Gasteiger partial charge in [-0.2, -0.15) is 8.42 Å². The molecule has 0 bridgehead atoms. The van der Waals surface area contributed by atoms with Crippen molar-refractivity contribution in [3.05, 3.63) is 29.3 Å². The fourth-order valence-corrected chi connectivity index (χ4v) is 2.45. The Bertz CT molecular complexity index is 925. The molecule has 28 heavy (non-hydrogen) atoms. The molecule has 2 amide bonds. The molecule has 1 aliphatic heterocycles. The van der Waals surface area contributed by atoms with Gasteiger partial charge in [0.15, 0.2) is 0 Å². The third-order valence-corrected chi connectivity index (χ3v) is 3.65. The number of amides is 2. The van der Waals surface area contributed by atoms with E-state index < -0.39 is 28.1 Å². The Morgan fingerprint density at radius 3 is 2.79 bits per heavy atom. The minimum Gasteiger partial charge on any atom is -0.490 e. The third kappa shape index (κ3) is 6.16. The number of nitrogens with two attached hydrogens (primary N) is 1. The highest BCUT2D eigenvalue weighted by molar-refractivity contribution is 7.85. The van der Waals surface area contributed by atoms with Crippen molar-refractivity contribution in [2.24, 2.45) is 10.9 Å². The molecule has 11 nitrogen and oxygen atoms in total. The van der Waals surface area contributed by atoms with E-state index in [9.17, 15) is 18.0 Å². The van der Waals surface area contributed by atoms with Crippen molar-refractivity contribution in [3.63, 3.8) is 0 Å². The van der Waals surface area contributed by atoms with Crippen LogP contribution in [-0.2, 0) is 23.9 Å². The standard InChI is InChI=1S/C16H20N4O7S/c1-3-25-16(22)18-12-6-4-5-10-9-11(7-8-26-13(10)12)14(21)19-15(17)20-27-28(2,23)24/h4-6,9H,3,7-8H2,1-2H3,(H,18,22)(H3,17,19,20,21). The number of carbonyl (C=O) groups is 2. The Hall–Kier alpha value is -3.28. The van der Waals surface area contributed by atoms with E-state index in [4.69, 9.17) is 15.2 Å². The first-order chi connectivity index (χ1) is 13.2. The zero-order valence-corrected chi connectivity index (χ0v) is 16.0. The number of benzene rings is 1. The number of hydrogen-bond acceptors (Lipinski definition) is 8. The summed E-state index contributed by atoms with van der Waals surface area (Å²) in [5.74, 6) is -0.724. The van der Waals surface area contributed by atoms with E-state index in [2.05, 4.69) is 20.1 Å². The minimum atomic E-state index is -3.84. The zero-order chi connectivity index (χ0) is 20.7. The van der Waals surface area contributed by atoms with Crippen molar-refractivity contribution in [2.45, 2.75) is 13.3 Å². The molecule has 1 aromatic carbocycles. The van der Waals surface area contributed by atoms with Crippen molar-refractivity contribution >= 4 is 39.8 Å². The van der Waals surface area contributed by atoms with Gasteiger partial charge < -0.3 is 15.2 Å². The van der Waals surface area contributed by atoms with Crippen LogP contribution >= 0.6 is 0 Å². The molecule has 1 aliphatic rings.